The lowest BCUT2D eigenvalue weighted by molar-refractivity contribution is 0.328. The highest BCUT2D eigenvalue weighted by Crippen LogP contribution is 2.36. The van der Waals surface area contributed by atoms with Crippen LogP contribution in [-0.2, 0) is 10.0 Å². The lowest BCUT2D eigenvalue weighted by atomic mass is 10.0. The summed E-state index contributed by atoms with van der Waals surface area (Å²) in [6.45, 7) is 6.23. The van der Waals surface area contributed by atoms with Crippen LogP contribution in [0.15, 0.2) is 41.3 Å². The molecule has 0 unspecified atom stereocenters. The molecule has 0 saturated carbocycles. The van der Waals surface area contributed by atoms with E-state index in [1.165, 1.54) is 12.1 Å². The molecule has 2 aromatic rings. The molecule has 3 nitrogen and oxygen atoms in total. The first kappa shape index (κ1) is 19.1. The summed E-state index contributed by atoms with van der Waals surface area (Å²) >= 11 is 0. The number of nitrogens with zero attached hydrogens (tertiary/aromatic N) is 1. The van der Waals surface area contributed by atoms with E-state index in [9.17, 15) is 12.8 Å². The zero-order valence-corrected chi connectivity index (χ0v) is 16.4. The smallest absolute Gasteiger partial charge is 0.207 e. The van der Waals surface area contributed by atoms with Crippen LogP contribution in [0.2, 0.25) is 0 Å². The first-order valence-corrected chi connectivity index (χ1v) is 10.6. The van der Waals surface area contributed by atoms with Crippen molar-refractivity contribution in [3.05, 3.63) is 64.5 Å². The molecule has 0 aliphatic carbocycles. The maximum Gasteiger partial charge on any atom is 0.243 e. The third-order valence-electron chi connectivity index (χ3n) is 5.32. The average molecular weight is 376 g/mol. The minimum absolute atomic E-state index is 0.320. The van der Waals surface area contributed by atoms with Gasteiger partial charge in [0.15, 0.2) is 0 Å². The van der Waals surface area contributed by atoms with Gasteiger partial charge in [0.1, 0.15) is 5.82 Å². The van der Waals surface area contributed by atoms with E-state index in [-0.39, 0.29) is 11.9 Å². The van der Waals surface area contributed by atoms with Crippen molar-refractivity contribution in [3.63, 3.8) is 0 Å². The average Bonchev–Trinajstić information content (AvgIpc) is 2.84. The van der Waals surface area contributed by atoms with Crippen LogP contribution >= 0.6 is 0 Å². The van der Waals surface area contributed by atoms with E-state index in [4.69, 9.17) is 0 Å². The highest BCUT2D eigenvalue weighted by Gasteiger charge is 2.34. The van der Waals surface area contributed by atoms with Crippen molar-refractivity contribution in [2.75, 3.05) is 6.54 Å². The van der Waals surface area contributed by atoms with E-state index in [2.05, 4.69) is 0 Å². The molecule has 1 fully saturated rings. The number of aryl methyl sites for hydroxylation is 3. The van der Waals surface area contributed by atoms with Gasteiger partial charge < -0.3 is 0 Å². The van der Waals surface area contributed by atoms with Gasteiger partial charge in [0, 0.05) is 6.54 Å². The fraction of sp³-hybridized carbons (Fsp3) is 0.429. The maximum absolute atomic E-state index is 13.8. The molecule has 5 heteroatoms. The molecule has 2 aromatic carbocycles. The molecule has 26 heavy (non-hydrogen) atoms. The van der Waals surface area contributed by atoms with Gasteiger partial charge in [-0.3, -0.25) is 0 Å². The Hall–Kier alpha value is -1.72. The van der Waals surface area contributed by atoms with Crippen LogP contribution in [0.5, 0.6) is 0 Å². The van der Waals surface area contributed by atoms with Gasteiger partial charge in [0.25, 0.3) is 0 Å². The molecule has 0 amide bonds. The Morgan fingerprint density at radius 2 is 1.69 bits per heavy atom. The van der Waals surface area contributed by atoms with Crippen LogP contribution in [0.3, 0.4) is 0 Å². The number of hydrogen-bond donors (Lipinski definition) is 0. The van der Waals surface area contributed by atoms with Crippen molar-refractivity contribution in [3.8, 4) is 0 Å². The fourth-order valence-corrected chi connectivity index (χ4v) is 5.73. The second-order valence-electron chi connectivity index (χ2n) is 7.24. The van der Waals surface area contributed by atoms with Gasteiger partial charge in [-0.15, -0.1) is 0 Å². The number of halogens is 1. The highest BCUT2D eigenvalue weighted by atomic mass is 32.2. The van der Waals surface area contributed by atoms with Crippen molar-refractivity contribution >= 4 is 10.0 Å². The Kier molecular flexibility index (Phi) is 5.49. The first-order chi connectivity index (χ1) is 12.3. The quantitative estimate of drug-likeness (QED) is 0.752. The zero-order valence-electron chi connectivity index (χ0n) is 15.6. The van der Waals surface area contributed by atoms with Crippen LogP contribution in [-0.4, -0.2) is 19.3 Å². The normalized spacial score (nSPS) is 19.3. The van der Waals surface area contributed by atoms with E-state index in [1.807, 2.05) is 32.9 Å². The minimum atomic E-state index is -3.65. The molecule has 0 radical (unpaired) electrons. The molecule has 1 saturated heterocycles. The molecule has 1 heterocycles. The largest absolute Gasteiger partial charge is 0.243 e. The number of benzene rings is 2. The van der Waals surface area contributed by atoms with Gasteiger partial charge in [-0.2, -0.15) is 4.31 Å². The van der Waals surface area contributed by atoms with Gasteiger partial charge in [-0.05, 0) is 74.1 Å². The Bertz CT molecular complexity index is 908. The van der Waals surface area contributed by atoms with Gasteiger partial charge in [-0.1, -0.05) is 31.0 Å². The third-order valence-corrected chi connectivity index (χ3v) is 7.37. The van der Waals surface area contributed by atoms with Crippen LogP contribution in [0.1, 0.15) is 54.0 Å². The second kappa shape index (κ2) is 7.49. The van der Waals surface area contributed by atoms with E-state index in [0.29, 0.717) is 17.9 Å². The summed E-state index contributed by atoms with van der Waals surface area (Å²) in [4.78, 5) is 0.365. The third kappa shape index (κ3) is 3.69. The second-order valence-corrected chi connectivity index (χ2v) is 9.10. The first-order valence-electron chi connectivity index (χ1n) is 9.16. The summed E-state index contributed by atoms with van der Waals surface area (Å²) in [5, 5.41) is 0. The SMILES string of the molecule is Cc1cc(C)c(S(=O)(=O)N2CCCCC[C@@H]2c2cccc(F)c2)cc1C. The van der Waals surface area contributed by atoms with Crippen molar-refractivity contribution in [1.29, 1.82) is 0 Å². The van der Waals surface area contributed by atoms with E-state index in [1.54, 1.807) is 16.4 Å². The van der Waals surface area contributed by atoms with Crippen molar-refractivity contribution in [2.24, 2.45) is 0 Å². The van der Waals surface area contributed by atoms with Gasteiger partial charge in [0.2, 0.25) is 10.0 Å². The van der Waals surface area contributed by atoms with Crippen LogP contribution in [0, 0.1) is 26.6 Å². The van der Waals surface area contributed by atoms with Crippen LogP contribution in [0.4, 0.5) is 4.39 Å². The highest BCUT2D eigenvalue weighted by molar-refractivity contribution is 7.89. The standard InChI is InChI=1S/C21H26FNO2S/c1-15-12-17(3)21(13-16(15)2)26(24,25)23-11-6-4-5-10-20(23)18-8-7-9-19(22)14-18/h7-9,12-14,20H,4-6,10-11H2,1-3H3/t20-/m1/s1. The van der Waals surface area contributed by atoms with E-state index < -0.39 is 10.0 Å². The van der Waals surface area contributed by atoms with Crippen LogP contribution in [0.25, 0.3) is 0 Å². The fourth-order valence-electron chi connectivity index (χ4n) is 3.75. The van der Waals surface area contributed by atoms with Gasteiger partial charge in [-0.25, -0.2) is 12.8 Å². The summed E-state index contributed by atoms with van der Waals surface area (Å²) in [7, 11) is -3.65. The monoisotopic (exact) mass is 375 g/mol. The Labute approximate surface area is 155 Å². The molecule has 1 aliphatic heterocycles. The van der Waals surface area contributed by atoms with Crippen LogP contribution < -0.4 is 0 Å². The Balaban J connectivity index is 2.09. The van der Waals surface area contributed by atoms with Gasteiger partial charge in [0.05, 0.1) is 10.9 Å². The van der Waals surface area contributed by atoms with Crippen molar-refractivity contribution < 1.29 is 12.8 Å². The molecule has 3 rings (SSSR count). The predicted molar refractivity (Wildman–Crippen MR) is 102 cm³/mol. The lowest BCUT2D eigenvalue weighted by Crippen LogP contribution is -2.35. The number of hydrogen-bond acceptors (Lipinski definition) is 2. The molecule has 1 aliphatic rings. The molecule has 0 N–H and O–H groups in total. The summed E-state index contributed by atoms with van der Waals surface area (Å²) in [5.41, 5.74) is 3.54. The number of rotatable bonds is 3. The summed E-state index contributed by atoms with van der Waals surface area (Å²) in [5.74, 6) is -0.327. The molecule has 140 valence electrons. The molecule has 0 bridgehead atoms. The summed E-state index contributed by atoms with van der Waals surface area (Å²) < 4.78 is 42.4. The lowest BCUT2D eigenvalue weighted by Gasteiger charge is -2.30. The molecular weight excluding hydrogens is 349 g/mol. The minimum Gasteiger partial charge on any atom is -0.207 e. The predicted octanol–water partition coefficient (Wildman–Crippen LogP) is 5.06. The van der Waals surface area contributed by atoms with Crippen molar-refractivity contribution in [1.82, 2.24) is 4.31 Å². The molecule has 1 atom stereocenters. The van der Waals surface area contributed by atoms with Crippen molar-refractivity contribution in [2.45, 2.75) is 57.4 Å². The van der Waals surface area contributed by atoms with E-state index >= 15 is 0 Å². The zero-order chi connectivity index (χ0) is 18.9. The molecule has 0 aromatic heterocycles. The summed E-state index contributed by atoms with van der Waals surface area (Å²) in [6, 6.07) is 9.72. The Morgan fingerprint density at radius 1 is 0.962 bits per heavy atom. The molecular formula is C21H26FNO2S. The number of sulfonamides is 1. The topological polar surface area (TPSA) is 37.4 Å². The van der Waals surface area contributed by atoms with E-state index in [0.717, 1.165) is 41.5 Å². The van der Waals surface area contributed by atoms with Gasteiger partial charge >= 0.3 is 0 Å². The maximum atomic E-state index is 13.8. The molecule has 0 spiro atoms. The summed E-state index contributed by atoms with van der Waals surface area (Å²) in [6.07, 6.45) is 3.48. The Morgan fingerprint density at radius 3 is 2.42 bits per heavy atom.